The van der Waals surface area contributed by atoms with Crippen molar-refractivity contribution in [2.75, 3.05) is 32.8 Å². The minimum atomic E-state index is -3.35. The molecule has 5 nitrogen and oxygen atoms in total. The van der Waals surface area contributed by atoms with E-state index in [2.05, 4.69) is 11.8 Å². The fraction of sp³-hybridized carbons (Fsp3) is 0.733. The van der Waals surface area contributed by atoms with Crippen molar-refractivity contribution < 1.29 is 13.2 Å². The molecule has 0 unspecified atom stereocenters. The molecule has 0 spiro atoms. The molecule has 2 saturated heterocycles. The number of hydrogen-bond acceptors (Lipinski definition) is 5. The second-order valence-electron chi connectivity index (χ2n) is 6.18. The molecule has 1 aromatic heterocycles. The third-order valence-corrected chi connectivity index (χ3v) is 7.90. The number of piperazine rings is 1. The molecule has 132 valence electrons. The van der Waals surface area contributed by atoms with Crippen molar-refractivity contribution in [2.45, 2.75) is 43.0 Å². The fourth-order valence-corrected chi connectivity index (χ4v) is 6.22. The van der Waals surface area contributed by atoms with E-state index in [-0.39, 0.29) is 18.4 Å². The molecule has 23 heavy (non-hydrogen) atoms. The number of ether oxygens (including phenoxy) is 1. The van der Waals surface area contributed by atoms with Gasteiger partial charge in [-0.25, -0.2) is 8.42 Å². The summed E-state index contributed by atoms with van der Waals surface area (Å²) in [6.45, 7) is 7.45. The summed E-state index contributed by atoms with van der Waals surface area (Å²) in [7, 11) is -3.35. The number of morpholine rings is 1. The standard InChI is InChI=1S/C15H24N2O3S2.ClH/c1-3-4-13-9-20-10-14-8-16(5-6-17(13)14)22(18,19)15-7-12(2)11-21-15;/h7,11,13-14H,3-6,8-10H2,1-2H3;1H/t13-,14+;/m0./s1. The van der Waals surface area contributed by atoms with Crippen LogP contribution in [0.4, 0.5) is 0 Å². The molecule has 0 saturated carbocycles. The molecule has 2 fully saturated rings. The number of fused-ring (bicyclic) bond motifs is 1. The van der Waals surface area contributed by atoms with Gasteiger partial charge in [0.2, 0.25) is 0 Å². The lowest BCUT2D eigenvalue weighted by Gasteiger charge is -2.47. The maximum absolute atomic E-state index is 12.8. The van der Waals surface area contributed by atoms with E-state index in [0.717, 1.165) is 31.6 Å². The van der Waals surface area contributed by atoms with Gasteiger partial charge in [-0.15, -0.1) is 23.7 Å². The van der Waals surface area contributed by atoms with Gasteiger partial charge < -0.3 is 4.74 Å². The van der Waals surface area contributed by atoms with Gasteiger partial charge in [0.15, 0.2) is 0 Å². The third-order valence-electron chi connectivity index (χ3n) is 4.50. The average Bonchev–Trinajstić information content (AvgIpc) is 2.95. The molecular weight excluding hydrogens is 356 g/mol. The smallest absolute Gasteiger partial charge is 0.252 e. The summed E-state index contributed by atoms with van der Waals surface area (Å²) in [5.74, 6) is 0. The Kier molecular flexibility index (Phi) is 6.49. The largest absolute Gasteiger partial charge is 0.378 e. The maximum atomic E-state index is 12.8. The first-order valence-electron chi connectivity index (χ1n) is 7.91. The zero-order chi connectivity index (χ0) is 15.7. The highest BCUT2D eigenvalue weighted by molar-refractivity contribution is 7.91. The molecule has 0 N–H and O–H groups in total. The summed E-state index contributed by atoms with van der Waals surface area (Å²) < 4.78 is 33.3. The van der Waals surface area contributed by atoms with Crippen LogP contribution < -0.4 is 0 Å². The number of hydrogen-bond donors (Lipinski definition) is 0. The van der Waals surface area contributed by atoms with Crippen molar-refractivity contribution in [3.8, 4) is 0 Å². The van der Waals surface area contributed by atoms with E-state index in [1.807, 2.05) is 12.3 Å². The Morgan fingerprint density at radius 1 is 1.35 bits per heavy atom. The zero-order valence-electron chi connectivity index (χ0n) is 13.6. The van der Waals surface area contributed by atoms with Crippen LogP contribution in [0.2, 0.25) is 0 Å². The van der Waals surface area contributed by atoms with Gasteiger partial charge in [0.1, 0.15) is 4.21 Å². The first-order valence-corrected chi connectivity index (χ1v) is 10.2. The minimum absolute atomic E-state index is 0. The third kappa shape index (κ3) is 3.91. The number of aryl methyl sites for hydroxylation is 1. The summed E-state index contributed by atoms with van der Waals surface area (Å²) in [5.41, 5.74) is 1.01. The molecule has 2 aliphatic rings. The van der Waals surface area contributed by atoms with Crippen LogP contribution in [0.15, 0.2) is 15.7 Å². The van der Waals surface area contributed by atoms with Crippen molar-refractivity contribution in [3.63, 3.8) is 0 Å². The number of rotatable bonds is 4. The van der Waals surface area contributed by atoms with Crippen LogP contribution in [-0.4, -0.2) is 62.6 Å². The van der Waals surface area contributed by atoms with Crippen LogP contribution in [0.25, 0.3) is 0 Å². The van der Waals surface area contributed by atoms with E-state index in [0.29, 0.717) is 29.9 Å². The highest BCUT2D eigenvalue weighted by Crippen LogP contribution is 2.28. The summed E-state index contributed by atoms with van der Waals surface area (Å²) >= 11 is 1.31. The lowest BCUT2D eigenvalue weighted by Crippen LogP contribution is -2.62. The van der Waals surface area contributed by atoms with Gasteiger partial charge in [-0.2, -0.15) is 4.31 Å². The molecule has 2 atom stereocenters. The monoisotopic (exact) mass is 380 g/mol. The normalized spacial score (nSPS) is 26.5. The van der Waals surface area contributed by atoms with E-state index >= 15 is 0 Å². The molecule has 0 radical (unpaired) electrons. The molecule has 0 bridgehead atoms. The first-order chi connectivity index (χ1) is 10.5. The number of halogens is 1. The van der Waals surface area contributed by atoms with Gasteiger partial charge in [0.05, 0.1) is 13.2 Å². The Morgan fingerprint density at radius 3 is 2.78 bits per heavy atom. The molecule has 8 heteroatoms. The van der Waals surface area contributed by atoms with Crippen molar-refractivity contribution in [3.05, 3.63) is 17.0 Å². The topological polar surface area (TPSA) is 49.9 Å². The van der Waals surface area contributed by atoms with Crippen LogP contribution in [0.5, 0.6) is 0 Å². The average molecular weight is 381 g/mol. The molecule has 0 amide bonds. The van der Waals surface area contributed by atoms with Gasteiger partial charge in [0, 0.05) is 31.7 Å². The Hall–Kier alpha value is -0.180. The molecule has 1 aromatic rings. The van der Waals surface area contributed by atoms with E-state index < -0.39 is 10.0 Å². The first kappa shape index (κ1) is 19.1. The second kappa shape index (κ2) is 7.80. The van der Waals surface area contributed by atoms with Gasteiger partial charge in [-0.3, -0.25) is 4.90 Å². The maximum Gasteiger partial charge on any atom is 0.252 e. The van der Waals surface area contributed by atoms with Crippen molar-refractivity contribution >= 4 is 33.8 Å². The Labute approximate surface area is 149 Å². The Morgan fingerprint density at radius 2 is 2.13 bits per heavy atom. The lowest BCUT2D eigenvalue weighted by atomic mass is 10.0. The minimum Gasteiger partial charge on any atom is -0.378 e. The molecule has 2 aliphatic heterocycles. The van der Waals surface area contributed by atoms with E-state index in [9.17, 15) is 8.42 Å². The van der Waals surface area contributed by atoms with Gasteiger partial charge in [0.25, 0.3) is 10.0 Å². The number of thiophene rings is 1. The van der Waals surface area contributed by atoms with Crippen LogP contribution in [-0.2, 0) is 14.8 Å². The van der Waals surface area contributed by atoms with Gasteiger partial charge >= 0.3 is 0 Å². The zero-order valence-corrected chi connectivity index (χ0v) is 16.1. The van der Waals surface area contributed by atoms with Crippen LogP contribution in [0.3, 0.4) is 0 Å². The number of nitrogens with zero attached hydrogens (tertiary/aromatic N) is 2. The van der Waals surface area contributed by atoms with Crippen molar-refractivity contribution in [1.82, 2.24) is 9.21 Å². The van der Waals surface area contributed by atoms with Crippen molar-refractivity contribution in [2.24, 2.45) is 0 Å². The van der Waals surface area contributed by atoms with Gasteiger partial charge in [-0.1, -0.05) is 13.3 Å². The summed E-state index contributed by atoms with van der Waals surface area (Å²) in [6, 6.07) is 2.40. The van der Waals surface area contributed by atoms with Crippen molar-refractivity contribution in [1.29, 1.82) is 0 Å². The van der Waals surface area contributed by atoms with E-state index in [1.54, 1.807) is 10.4 Å². The highest BCUT2D eigenvalue weighted by Gasteiger charge is 2.39. The fourth-order valence-electron chi connectivity index (χ4n) is 3.37. The molecular formula is C15H25ClN2O3S2. The van der Waals surface area contributed by atoms with E-state index in [1.165, 1.54) is 11.3 Å². The second-order valence-corrected chi connectivity index (χ2v) is 9.25. The predicted molar refractivity (Wildman–Crippen MR) is 95.1 cm³/mol. The van der Waals surface area contributed by atoms with Crippen LogP contribution in [0.1, 0.15) is 25.3 Å². The SMILES string of the molecule is CCC[C@H]1COC[C@H]2CN(S(=O)(=O)c3cc(C)cs3)CCN12.Cl. The molecule has 0 aromatic carbocycles. The molecule has 3 rings (SSSR count). The summed E-state index contributed by atoms with van der Waals surface area (Å²) in [4.78, 5) is 2.46. The molecule has 0 aliphatic carbocycles. The van der Waals surface area contributed by atoms with E-state index in [4.69, 9.17) is 4.74 Å². The Balaban J connectivity index is 0.00000192. The van der Waals surface area contributed by atoms with Crippen LogP contribution in [0, 0.1) is 6.92 Å². The quantitative estimate of drug-likeness (QED) is 0.804. The van der Waals surface area contributed by atoms with Gasteiger partial charge in [-0.05, 0) is 30.4 Å². The predicted octanol–water partition coefficient (Wildman–Crippen LogP) is 2.35. The van der Waals surface area contributed by atoms with Crippen LogP contribution >= 0.6 is 23.7 Å². The highest BCUT2D eigenvalue weighted by atomic mass is 35.5. The summed E-state index contributed by atoms with van der Waals surface area (Å²) in [5, 5.41) is 1.89. The lowest BCUT2D eigenvalue weighted by molar-refractivity contribution is -0.0716. The molecule has 3 heterocycles. The Bertz CT molecular complexity index is 618. The number of sulfonamides is 1. The summed E-state index contributed by atoms with van der Waals surface area (Å²) in [6.07, 6.45) is 2.25.